The van der Waals surface area contributed by atoms with Crippen molar-refractivity contribution in [1.29, 1.82) is 0 Å². The standard InChI is InChI=1S/C11H11NO2/c1-12(2)9-7-11(13)14-10-6-4-3-5-8(9)10/h3-7H,1-2H3. The van der Waals surface area contributed by atoms with Crippen LogP contribution in [-0.2, 0) is 0 Å². The quantitative estimate of drug-likeness (QED) is 0.642. The minimum absolute atomic E-state index is 0.313. The van der Waals surface area contributed by atoms with E-state index in [9.17, 15) is 4.79 Å². The molecule has 0 aliphatic rings. The summed E-state index contributed by atoms with van der Waals surface area (Å²) in [6.07, 6.45) is 0. The maximum absolute atomic E-state index is 11.2. The first-order chi connectivity index (χ1) is 6.68. The zero-order valence-electron chi connectivity index (χ0n) is 8.15. The molecule has 0 atom stereocenters. The molecule has 0 spiro atoms. The third-order valence-electron chi connectivity index (χ3n) is 2.11. The van der Waals surface area contributed by atoms with Gasteiger partial charge in [-0.25, -0.2) is 4.79 Å². The average Bonchev–Trinajstić information content (AvgIpc) is 2.16. The molecule has 2 aromatic rings. The van der Waals surface area contributed by atoms with E-state index in [1.165, 1.54) is 6.07 Å². The van der Waals surface area contributed by atoms with Crippen molar-refractivity contribution in [3.05, 3.63) is 40.8 Å². The molecule has 0 aliphatic heterocycles. The van der Waals surface area contributed by atoms with Crippen LogP contribution in [0.25, 0.3) is 11.0 Å². The van der Waals surface area contributed by atoms with E-state index in [0.29, 0.717) is 5.58 Å². The highest BCUT2D eigenvalue weighted by atomic mass is 16.4. The van der Waals surface area contributed by atoms with E-state index >= 15 is 0 Å². The summed E-state index contributed by atoms with van der Waals surface area (Å²) in [5.74, 6) is 0. The minimum Gasteiger partial charge on any atom is -0.423 e. The van der Waals surface area contributed by atoms with Crippen LogP contribution in [0.5, 0.6) is 0 Å². The van der Waals surface area contributed by atoms with Gasteiger partial charge in [0.15, 0.2) is 0 Å². The van der Waals surface area contributed by atoms with Gasteiger partial charge in [0.25, 0.3) is 0 Å². The molecule has 1 heterocycles. The van der Waals surface area contributed by atoms with Gasteiger partial charge in [-0.2, -0.15) is 0 Å². The lowest BCUT2D eigenvalue weighted by atomic mass is 10.2. The van der Waals surface area contributed by atoms with Crippen molar-refractivity contribution in [2.75, 3.05) is 19.0 Å². The lowest BCUT2D eigenvalue weighted by molar-refractivity contribution is 0.561. The summed E-state index contributed by atoms with van der Waals surface area (Å²) in [4.78, 5) is 13.1. The van der Waals surface area contributed by atoms with Crippen LogP contribution < -0.4 is 10.5 Å². The summed E-state index contributed by atoms with van der Waals surface area (Å²) < 4.78 is 5.07. The van der Waals surface area contributed by atoms with Gasteiger partial charge in [-0.05, 0) is 12.1 Å². The number of hydrogen-bond acceptors (Lipinski definition) is 3. The third-order valence-corrected chi connectivity index (χ3v) is 2.11. The van der Waals surface area contributed by atoms with Crippen LogP contribution in [0.3, 0.4) is 0 Å². The second kappa shape index (κ2) is 3.18. The highest BCUT2D eigenvalue weighted by Gasteiger charge is 2.05. The predicted molar refractivity (Wildman–Crippen MR) is 56.8 cm³/mol. The van der Waals surface area contributed by atoms with Crippen LogP contribution in [0.1, 0.15) is 0 Å². The maximum atomic E-state index is 11.2. The Kier molecular flexibility index (Phi) is 2.00. The fraction of sp³-hybridized carbons (Fsp3) is 0.182. The highest BCUT2D eigenvalue weighted by molar-refractivity contribution is 5.89. The van der Waals surface area contributed by atoms with Gasteiger partial charge in [-0.15, -0.1) is 0 Å². The fourth-order valence-electron chi connectivity index (χ4n) is 1.46. The van der Waals surface area contributed by atoms with Crippen LogP contribution in [0, 0.1) is 0 Å². The molecule has 2 rings (SSSR count). The Balaban J connectivity index is 2.87. The highest BCUT2D eigenvalue weighted by Crippen LogP contribution is 2.22. The number of rotatable bonds is 1. The van der Waals surface area contributed by atoms with Crippen molar-refractivity contribution in [2.45, 2.75) is 0 Å². The normalized spacial score (nSPS) is 10.4. The fourth-order valence-corrected chi connectivity index (χ4v) is 1.46. The molecule has 0 unspecified atom stereocenters. The van der Waals surface area contributed by atoms with Gasteiger partial charge in [0.2, 0.25) is 0 Å². The smallest absolute Gasteiger partial charge is 0.338 e. The lowest BCUT2D eigenvalue weighted by Gasteiger charge is -2.13. The van der Waals surface area contributed by atoms with Gasteiger partial charge >= 0.3 is 5.63 Å². The van der Waals surface area contributed by atoms with Gasteiger partial charge in [0.1, 0.15) is 5.58 Å². The lowest BCUT2D eigenvalue weighted by Crippen LogP contribution is -2.12. The summed E-state index contributed by atoms with van der Waals surface area (Å²) >= 11 is 0. The van der Waals surface area contributed by atoms with E-state index in [-0.39, 0.29) is 5.63 Å². The topological polar surface area (TPSA) is 33.5 Å². The Bertz CT molecular complexity index is 514. The van der Waals surface area contributed by atoms with Gasteiger partial charge in [0, 0.05) is 25.5 Å². The van der Waals surface area contributed by atoms with E-state index in [0.717, 1.165) is 11.1 Å². The van der Waals surface area contributed by atoms with E-state index in [2.05, 4.69) is 0 Å². The van der Waals surface area contributed by atoms with Gasteiger partial charge in [-0.3, -0.25) is 0 Å². The number of hydrogen-bond donors (Lipinski definition) is 0. The summed E-state index contributed by atoms with van der Waals surface area (Å²) in [5, 5.41) is 0.956. The summed E-state index contributed by atoms with van der Waals surface area (Å²) in [7, 11) is 3.81. The van der Waals surface area contributed by atoms with Crippen LogP contribution in [-0.4, -0.2) is 14.1 Å². The molecule has 1 aromatic carbocycles. The van der Waals surface area contributed by atoms with Crippen molar-refractivity contribution in [3.8, 4) is 0 Å². The molecule has 1 aromatic heterocycles. The monoisotopic (exact) mass is 189 g/mol. The largest absolute Gasteiger partial charge is 0.423 e. The van der Waals surface area contributed by atoms with Crippen molar-refractivity contribution >= 4 is 16.7 Å². The molecule has 3 heteroatoms. The summed E-state index contributed by atoms with van der Waals surface area (Å²) in [5.41, 5.74) is 1.20. The van der Waals surface area contributed by atoms with Gasteiger partial charge in [-0.1, -0.05) is 12.1 Å². The second-order valence-corrected chi connectivity index (χ2v) is 3.34. The summed E-state index contributed by atoms with van der Waals surface area (Å²) in [6.45, 7) is 0. The van der Waals surface area contributed by atoms with E-state index in [1.807, 2.05) is 37.2 Å². The number of fused-ring (bicyclic) bond motifs is 1. The molecule has 3 nitrogen and oxygen atoms in total. The molecule has 0 N–H and O–H groups in total. The molecule has 0 saturated carbocycles. The van der Waals surface area contributed by atoms with Crippen molar-refractivity contribution in [1.82, 2.24) is 0 Å². The molecule has 0 amide bonds. The van der Waals surface area contributed by atoms with Crippen LogP contribution >= 0.6 is 0 Å². The predicted octanol–water partition coefficient (Wildman–Crippen LogP) is 1.86. The Morgan fingerprint density at radius 3 is 2.64 bits per heavy atom. The Labute approximate surface area is 81.6 Å². The minimum atomic E-state index is -0.313. The second-order valence-electron chi connectivity index (χ2n) is 3.34. The number of benzene rings is 1. The molecular formula is C11H11NO2. The Hall–Kier alpha value is -1.77. The number of nitrogens with zero attached hydrogens (tertiary/aromatic N) is 1. The summed E-state index contributed by atoms with van der Waals surface area (Å²) in [6, 6.07) is 9.01. The van der Waals surface area contributed by atoms with Crippen molar-refractivity contribution < 1.29 is 4.42 Å². The van der Waals surface area contributed by atoms with E-state index in [4.69, 9.17) is 4.42 Å². The Morgan fingerprint density at radius 1 is 1.21 bits per heavy atom. The SMILES string of the molecule is CN(C)c1cc(=O)oc2ccccc12. The number of anilines is 1. The Morgan fingerprint density at radius 2 is 1.93 bits per heavy atom. The first kappa shape index (κ1) is 8.81. The molecule has 0 radical (unpaired) electrons. The maximum Gasteiger partial charge on any atom is 0.338 e. The first-order valence-corrected chi connectivity index (χ1v) is 4.39. The van der Waals surface area contributed by atoms with Gasteiger partial charge in [0.05, 0.1) is 5.69 Å². The molecule has 0 bridgehead atoms. The molecule has 0 fully saturated rings. The van der Waals surface area contributed by atoms with Crippen molar-refractivity contribution in [2.24, 2.45) is 0 Å². The molecule has 0 saturated heterocycles. The zero-order chi connectivity index (χ0) is 10.1. The number of para-hydroxylation sites is 1. The molecule has 0 aliphatic carbocycles. The van der Waals surface area contributed by atoms with Crippen molar-refractivity contribution in [3.63, 3.8) is 0 Å². The molecule has 72 valence electrons. The average molecular weight is 189 g/mol. The van der Waals surface area contributed by atoms with Crippen LogP contribution in [0.15, 0.2) is 39.5 Å². The van der Waals surface area contributed by atoms with Gasteiger partial charge < -0.3 is 9.32 Å². The van der Waals surface area contributed by atoms with E-state index in [1.54, 1.807) is 6.07 Å². The van der Waals surface area contributed by atoms with E-state index < -0.39 is 0 Å². The zero-order valence-corrected chi connectivity index (χ0v) is 8.15. The first-order valence-electron chi connectivity index (χ1n) is 4.39. The third kappa shape index (κ3) is 1.37. The van der Waals surface area contributed by atoms with Crippen LogP contribution in [0.4, 0.5) is 5.69 Å². The van der Waals surface area contributed by atoms with Crippen LogP contribution in [0.2, 0.25) is 0 Å². The molecule has 14 heavy (non-hydrogen) atoms. The molecular weight excluding hydrogens is 178 g/mol.